The number of hydrogen-bond donors (Lipinski definition) is 0. The molecule has 4 aromatic carbocycles. The Morgan fingerprint density at radius 2 is 1.24 bits per heavy atom. The van der Waals surface area contributed by atoms with Crippen LogP contribution in [0.3, 0.4) is 0 Å². The van der Waals surface area contributed by atoms with Crippen LogP contribution < -0.4 is 9.47 Å². The molecule has 0 aromatic heterocycles. The van der Waals surface area contributed by atoms with E-state index in [0.717, 1.165) is 20.9 Å². The summed E-state index contributed by atoms with van der Waals surface area (Å²) < 4.78 is 11.3. The molecule has 1 aliphatic rings. The highest BCUT2D eigenvalue weighted by atomic mass is 16.5. The predicted molar refractivity (Wildman–Crippen MR) is 182 cm³/mol. The number of carbonyl (C=O) groups is 6. The standard InChI is InChI=1S/C39H32N2O8/c1-6-16-40(22-42)35(43)31-20-28(9-8-23(31)3)38(46)48-33-14-11-26(18-24(33)4)27-12-15-34(25(5)19-27)49-39(47)29-10-13-30-32(21-29)37(45)41(17-7-2)36(30)44/h6-15,18-22H,1-2,16-17H2,3-5H3. The molecular formula is C39H32N2O8. The Balaban J connectivity index is 1.28. The molecule has 246 valence electrons. The first-order valence-corrected chi connectivity index (χ1v) is 15.2. The number of ether oxygens (including phenoxy) is 2. The average Bonchev–Trinajstić information content (AvgIpc) is 3.33. The normalized spacial score (nSPS) is 11.9. The molecule has 1 aliphatic heterocycles. The van der Waals surface area contributed by atoms with Crippen LogP contribution in [-0.4, -0.2) is 59.0 Å². The summed E-state index contributed by atoms with van der Waals surface area (Å²) in [7, 11) is 0. The molecule has 0 spiro atoms. The molecule has 0 radical (unpaired) electrons. The van der Waals surface area contributed by atoms with E-state index < -0.39 is 29.7 Å². The number of rotatable bonds is 11. The van der Waals surface area contributed by atoms with E-state index in [9.17, 15) is 28.8 Å². The highest BCUT2D eigenvalue weighted by Crippen LogP contribution is 2.31. The summed E-state index contributed by atoms with van der Waals surface area (Å²) in [5.74, 6) is -2.17. The van der Waals surface area contributed by atoms with Crippen LogP contribution in [0, 0.1) is 20.8 Å². The van der Waals surface area contributed by atoms with Crippen LogP contribution in [0.25, 0.3) is 11.1 Å². The number of esters is 2. The number of imide groups is 2. The topological polar surface area (TPSA) is 127 Å². The molecule has 4 aromatic rings. The van der Waals surface area contributed by atoms with E-state index in [4.69, 9.17) is 9.47 Å². The van der Waals surface area contributed by atoms with E-state index in [0.29, 0.717) is 34.6 Å². The lowest BCUT2D eigenvalue weighted by molar-refractivity contribution is -0.115. The van der Waals surface area contributed by atoms with Gasteiger partial charge in [0.25, 0.3) is 17.7 Å². The summed E-state index contributed by atoms with van der Waals surface area (Å²) in [4.78, 5) is 77.5. The van der Waals surface area contributed by atoms with Crippen molar-refractivity contribution in [1.82, 2.24) is 9.80 Å². The van der Waals surface area contributed by atoms with Crippen molar-refractivity contribution in [3.05, 3.63) is 143 Å². The fourth-order valence-corrected chi connectivity index (χ4v) is 5.36. The van der Waals surface area contributed by atoms with Gasteiger partial charge in [-0.25, -0.2) is 9.59 Å². The molecule has 0 atom stereocenters. The van der Waals surface area contributed by atoms with Crippen molar-refractivity contribution in [2.24, 2.45) is 0 Å². The fourth-order valence-electron chi connectivity index (χ4n) is 5.36. The molecule has 10 nitrogen and oxygen atoms in total. The molecule has 0 N–H and O–H groups in total. The predicted octanol–water partition coefficient (Wildman–Crippen LogP) is 6.28. The van der Waals surface area contributed by atoms with Crippen molar-refractivity contribution in [2.45, 2.75) is 20.8 Å². The third-order valence-electron chi connectivity index (χ3n) is 8.02. The van der Waals surface area contributed by atoms with E-state index in [1.54, 1.807) is 57.2 Å². The van der Waals surface area contributed by atoms with Gasteiger partial charge in [0.2, 0.25) is 6.41 Å². The number of hydrogen-bond acceptors (Lipinski definition) is 8. The number of aryl methyl sites for hydroxylation is 3. The maximum Gasteiger partial charge on any atom is 0.343 e. The van der Waals surface area contributed by atoms with Crippen molar-refractivity contribution in [2.75, 3.05) is 13.1 Å². The number of benzene rings is 4. The summed E-state index contributed by atoms with van der Waals surface area (Å²) >= 11 is 0. The van der Waals surface area contributed by atoms with Gasteiger partial charge in [-0.15, -0.1) is 13.2 Å². The molecule has 0 saturated heterocycles. The van der Waals surface area contributed by atoms with Crippen LogP contribution >= 0.6 is 0 Å². The first kappa shape index (κ1) is 33.9. The number of carbonyl (C=O) groups excluding carboxylic acids is 6. The number of nitrogens with zero attached hydrogens (tertiary/aromatic N) is 2. The Labute approximate surface area is 282 Å². The summed E-state index contributed by atoms with van der Waals surface area (Å²) in [6.07, 6.45) is 3.31. The van der Waals surface area contributed by atoms with Gasteiger partial charge in [-0.2, -0.15) is 0 Å². The lowest BCUT2D eigenvalue weighted by Gasteiger charge is -2.16. The van der Waals surface area contributed by atoms with E-state index in [1.165, 1.54) is 36.4 Å². The maximum absolute atomic E-state index is 13.1. The van der Waals surface area contributed by atoms with Gasteiger partial charge >= 0.3 is 11.9 Å². The van der Waals surface area contributed by atoms with Crippen LogP contribution in [0.2, 0.25) is 0 Å². The molecule has 0 unspecified atom stereocenters. The van der Waals surface area contributed by atoms with E-state index in [1.807, 2.05) is 12.1 Å². The molecule has 5 rings (SSSR count). The smallest absolute Gasteiger partial charge is 0.343 e. The fraction of sp³-hybridized carbons (Fsp3) is 0.128. The molecule has 0 bridgehead atoms. The summed E-state index contributed by atoms with van der Waals surface area (Å²) in [5.41, 5.74) is 4.45. The second-order valence-corrected chi connectivity index (χ2v) is 11.4. The number of fused-ring (bicyclic) bond motifs is 1. The van der Waals surface area contributed by atoms with Gasteiger partial charge in [0.1, 0.15) is 11.5 Å². The second-order valence-electron chi connectivity index (χ2n) is 11.4. The Morgan fingerprint density at radius 3 is 1.78 bits per heavy atom. The Hall–Kier alpha value is -6.42. The van der Waals surface area contributed by atoms with Crippen molar-refractivity contribution in [3.63, 3.8) is 0 Å². The molecule has 4 amide bonds. The lowest BCUT2D eigenvalue weighted by atomic mass is 10.0. The summed E-state index contributed by atoms with van der Waals surface area (Å²) in [6.45, 7) is 12.5. The third-order valence-corrected chi connectivity index (χ3v) is 8.02. The zero-order valence-corrected chi connectivity index (χ0v) is 27.1. The van der Waals surface area contributed by atoms with Crippen LogP contribution in [0.5, 0.6) is 11.5 Å². The molecular weight excluding hydrogens is 624 g/mol. The SMILES string of the molecule is C=CCN(C=O)C(=O)c1cc(C(=O)Oc2ccc(-c3ccc(OC(=O)c4ccc5c(c4)C(=O)N(CC=C)C5=O)c(C)c3)cc2C)ccc1C. The van der Waals surface area contributed by atoms with E-state index >= 15 is 0 Å². The largest absolute Gasteiger partial charge is 0.423 e. The van der Waals surface area contributed by atoms with Crippen LogP contribution in [0.1, 0.15) is 68.5 Å². The molecule has 0 aliphatic carbocycles. The second kappa shape index (κ2) is 14.1. The average molecular weight is 657 g/mol. The van der Waals surface area contributed by atoms with Gasteiger partial charge < -0.3 is 9.47 Å². The van der Waals surface area contributed by atoms with Gasteiger partial charge in [-0.05, 0) is 103 Å². The van der Waals surface area contributed by atoms with Crippen molar-refractivity contribution >= 4 is 36.1 Å². The molecule has 1 heterocycles. The van der Waals surface area contributed by atoms with Gasteiger partial charge in [0.05, 0.1) is 22.3 Å². The first-order valence-electron chi connectivity index (χ1n) is 15.2. The van der Waals surface area contributed by atoms with E-state index in [2.05, 4.69) is 13.2 Å². The Bertz CT molecular complexity index is 2080. The minimum absolute atomic E-state index is 0.0355. The van der Waals surface area contributed by atoms with Gasteiger partial charge in [-0.1, -0.05) is 30.4 Å². The van der Waals surface area contributed by atoms with Crippen molar-refractivity contribution in [1.29, 1.82) is 0 Å². The van der Waals surface area contributed by atoms with Crippen molar-refractivity contribution < 1.29 is 38.2 Å². The zero-order chi connectivity index (χ0) is 35.4. The van der Waals surface area contributed by atoms with E-state index in [-0.39, 0.29) is 40.9 Å². The highest BCUT2D eigenvalue weighted by molar-refractivity contribution is 6.22. The maximum atomic E-state index is 13.1. The monoisotopic (exact) mass is 656 g/mol. The minimum Gasteiger partial charge on any atom is -0.423 e. The van der Waals surface area contributed by atoms with Gasteiger partial charge in [0, 0.05) is 18.7 Å². The molecule has 0 fully saturated rings. The van der Waals surface area contributed by atoms with Gasteiger partial charge in [-0.3, -0.25) is 29.0 Å². The summed E-state index contributed by atoms with van der Waals surface area (Å²) in [5, 5.41) is 0. The van der Waals surface area contributed by atoms with Crippen LogP contribution in [0.15, 0.2) is 98.1 Å². The molecule has 10 heteroatoms. The van der Waals surface area contributed by atoms with Crippen LogP contribution in [-0.2, 0) is 4.79 Å². The molecule has 0 saturated carbocycles. The lowest BCUT2D eigenvalue weighted by Crippen LogP contribution is -2.30. The highest BCUT2D eigenvalue weighted by Gasteiger charge is 2.35. The van der Waals surface area contributed by atoms with Crippen LogP contribution in [0.4, 0.5) is 0 Å². The quantitative estimate of drug-likeness (QED) is 0.0607. The zero-order valence-electron chi connectivity index (χ0n) is 27.1. The third kappa shape index (κ3) is 6.84. The van der Waals surface area contributed by atoms with Gasteiger partial charge in [0.15, 0.2) is 0 Å². The minimum atomic E-state index is -0.675. The molecule has 49 heavy (non-hydrogen) atoms. The number of amides is 4. The summed E-state index contributed by atoms with van der Waals surface area (Å²) in [6, 6.07) is 19.4. The Kier molecular flexibility index (Phi) is 9.79. The Morgan fingerprint density at radius 1 is 0.694 bits per heavy atom. The first-order chi connectivity index (χ1) is 23.5. The van der Waals surface area contributed by atoms with Crippen molar-refractivity contribution in [3.8, 4) is 22.6 Å².